The number of hydrogen-bond donors (Lipinski definition) is 0. The Labute approximate surface area is 246 Å². The normalized spacial score (nSPS) is 10.5. The molecule has 0 aliphatic carbocycles. The number of rotatable bonds is 9. The first-order valence-corrected chi connectivity index (χ1v) is 13.8. The molecule has 208 valence electrons. The molecule has 0 aliphatic rings. The topological polar surface area (TPSA) is 55.8 Å². The van der Waals surface area contributed by atoms with Crippen LogP contribution in [0.4, 0.5) is 17.1 Å². The minimum atomic E-state index is -0.444. The maximum Gasteiger partial charge on any atom is 0.338 e. The molecule has 0 radical (unpaired) electrons. The summed E-state index contributed by atoms with van der Waals surface area (Å²) >= 11 is 0. The molecular formula is C37H31NO4. The smallest absolute Gasteiger partial charge is 0.338 e. The molecule has 42 heavy (non-hydrogen) atoms. The Bertz CT molecular complexity index is 1670. The highest BCUT2D eigenvalue weighted by molar-refractivity contribution is 5.89. The van der Waals surface area contributed by atoms with Crippen molar-refractivity contribution in [3.8, 4) is 33.8 Å². The van der Waals surface area contributed by atoms with E-state index in [9.17, 15) is 9.59 Å². The molecule has 0 aliphatic heterocycles. The zero-order chi connectivity index (χ0) is 29.5. The number of esters is 2. The summed E-state index contributed by atoms with van der Waals surface area (Å²) in [4.78, 5) is 25.8. The number of benzene rings is 5. The second-order valence-electron chi connectivity index (χ2n) is 9.81. The van der Waals surface area contributed by atoms with E-state index < -0.39 is 5.97 Å². The summed E-state index contributed by atoms with van der Waals surface area (Å²) in [7, 11) is 0. The van der Waals surface area contributed by atoms with Crippen molar-refractivity contribution < 1.29 is 19.1 Å². The molecule has 0 saturated carbocycles. The van der Waals surface area contributed by atoms with Gasteiger partial charge in [0.1, 0.15) is 11.5 Å². The van der Waals surface area contributed by atoms with Crippen LogP contribution in [0.25, 0.3) is 22.3 Å². The minimum absolute atomic E-state index is 0.270. The molecule has 0 atom stereocenters. The second kappa shape index (κ2) is 12.8. The van der Waals surface area contributed by atoms with Gasteiger partial charge in [0.05, 0.1) is 0 Å². The predicted octanol–water partition coefficient (Wildman–Crippen LogP) is 9.29. The number of hydrogen-bond acceptors (Lipinski definition) is 5. The second-order valence-corrected chi connectivity index (χ2v) is 9.81. The maximum absolute atomic E-state index is 11.8. The summed E-state index contributed by atoms with van der Waals surface area (Å²) < 4.78 is 10.7. The highest BCUT2D eigenvalue weighted by Crippen LogP contribution is 2.37. The van der Waals surface area contributed by atoms with E-state index in [0.29, 0.717) is 23.5 Å². The Hall–Kier alpha value is -5.42. The van der Waals surface area contributed by atoms with Crippen molar-refractivity contribution >= 4 is 29.0 Å². The maximum atomic E-state index is 11.8. The molecule has 0 aromatic heterocycles. The standard InChI is InChI=1S/C37H31NO4/c1-4-36(39)41-34-24-20-33(21-25-34)38(31-16-10-28(11-17-31)27-8-6-5-7-9-27)32-18-12-29(13-19-32)30-14-22-35(23-15-30)42-37(40)26(2)3/h5-25H,2,4H2,1,3H3. The lowest BCUT2D eigenvalue weighted by atomic mass is 10.0. The zero-order valence-corrected chi connectivity index (χ0v) is 23.6. The number of anilines is 3. The lowest BCUT2D eigenvalue weighted by Crippen LogP contribution is -2.10. The molecule has 0 bridgehead atoms. The first-order chi connectivity index (χ1) is 20.4. The third-order valence-corrected chi connectivity index (χ3v) is 6.72. The van der Waals surface area contributed by atoms with Crippen LogP contribution in [-0.2, 0) is 9.59 Å². The van der Waals surface area contributed by atoms with E-state index in [-0.39, 0.29) is 5.97 Å². The van der Waals surface area contributed by atoms with Gasteiger partial charge in [0.2, 0.25) is 0 Å². The summed E-state index contributed by atoms with van der Waals surface area (Å²) in [6, 6.07) is 41.9. The van der Waals surface area contributed by atoms with Crippen LogP contribution in [0.1, 0.15) is 20.3 Å². The quantitative estimate of drug-likeness (QED) is 0.103. The molecular weight excluding hydrogens is 522 g/mol. The molecule has 5 nitrogen and oxygen atoms in total. The molecule has 0 fully saturated rings. The zero-order valence-electron chi connectivity index (χ0n) is 23.6. The van der Waals surface area contributed by atoms with Crippen LogP contribution < -0.4 is 14.4 Å². The van der Waals surface area contributed by atoms with Gasteiger partial charge in [0.15, 0.2) is 0 Å². The van der Waals surface area contributed by atoms with Gasteiger partial charge >= 0.3 is 11.9 Å². The SMILES string of the molecule is C=C(C)C(=O)Oc1ccc(-c2ccc(N(c3ccc(OC(=O)CC)cc3)c3ccc(-c4ccccc4)cc3)cc2)cc1. The van der Waals surface area contributed by atoms with Crippen molar-refractivity contribution in [1.82, 2.24) is 0 Å². The van der Waals surface area contributed by atoms with Crippen molar-refractivity contribution in [2.75, 3.05) is 4.90 Å². The highest BCUT2D eigenvalue weighted by atomic mass is 16.5. The average Bonchev–Trinajstić information content (AvgIpc) is 3.03. The van der Waals surface area contributed by atoms with E-state index in [1.54, 1.807) is 26.0 Å². The fraction of sp³-hybridized carbons (Fsp3) is 0.0811. The summed E-state index contributed by atoms with van der Waals surface area (Å²) in [6.07, 6.45) is 0.316. The van der Waals surface area contributed by atoms with Crippen LogP contribution in [-0.4, -0.2) is 11.9 Å². The molecule has 5 aromatic rings. The van der Waals surface area contributed by atoms with Gasteiger partial charge in [-0.1, -0.05) is 80.2 Å². The van der Waals surface area contributed by atoms with Gasteiger partial charge in [-0.15, -0.1) is 0 Å². The van der Waals surface area contributed by atoms with Crippen LogP contribution in [0.2, 0.25) is 0 Å². The van der Waals surface area contributed by atoms with E-state index in [1.165, 1.54) is 0 Å². The van der Waals surface area contributed by atoms with Crippen molar-refractivity contribution in [3.05, 3.63) is 140 Å². The Morgan fingerprint density at radius 2 is 0.952 bits per heavy atom. The molecule has 5 rings (SSSR count). The molecule has 0 N–H and O–H groups in total. The monoisotopic (exact) mass is 553 g/mol. The number of carbonyl (C=O) groups is 2. The number of ether oxygens (including phenoxy) is 2. The molecule has 0 unspecified atom stereocenters. The summed E-state index contributed by atoms with van der Waals surface area (Å²) in [6.45, 7) is 7.01. The third kappa shape index (κ3) is 6.65. The largest absolute Gasteiger partial charge is 0.427 e. The van der Waals surface area contributed by atoms with Gasteiger partial charge in [-0.3, -0.25) is 4.79 Å². The van der Waals surface area contributed by atoms with E-state index in [0.717, 1.165) is 39.3 Å². The lowest BCUT2D eigenvalue weighted by molar-refractivity contribution is -0.134. The van der Waals surface area contributed by atoms with Crippen LogP contribution in [0.15, 0.2) is 140 Å². The van der Waals surface area contributed by atoms with Gasteiger partial charge in [-0.05, 0) is 89.8 Å². The molecule has 0 saturated heterocycles. The van der Waals surface area contributed by atoms with Gasteiger partial charge < -0.3 is 14.4 Å². The fourth-order valence-electron chi connectivity index (χ4n) is 4.46. The Morgan fingerprint density at radius 3 is 1.40 bits per heavy atom. The van der Waals surface area contributed by atoms with Crippen molar-refractivity contribution in [2.45, 2.75) is 20.3 Å². The van der Waals surface area contributed by atoms with E-state index >= 15 is 0 Å². The molecule has 0 spiro atoms. The highest BCUT2D eigenvalue weighted by Gasteiger charge is 2.14. The number of nitrogens with zero attached hydrogens (tertiary/aromatic N) is 1. The van der Waals surface area contributed by atoms with Crippen LogP contribution in [0.5, 0.6) is 11.5 Å². The Morgan fingerprint density at radius 1 is 0.571 bits per heavy atom. The third-order valence-electron chi connectivity index (χ3n) is 6.72. The average molecular weight is 554 g/mol. The van der Waals surface area contributed by atoms with Gasteiger partial charge in [0.25, 0.3) is 0 Å². The molecule has 5 heteroatoms. The lowest BCUT2D eigenvalue weighted by Gasteiger charge is -2.26. The van der Waals surface area contributed by atoms with E-state index in [2.05, 4.69) is 72.1 Å². The molecule has 0 amide bonds. The first-order valence-electron chi connectivity index (χ1n) is 13.8. The van der Waals surface area contributed by atoms with Crippen molar-refractivity contribution in [3.63, 3.8) is 0 Å². The number of carbonyl (C=O) groups excluding carboxylic acids is 2. The van der Waals surface area contributed by atoms with Crippen molar-refractivity contribution in [2.24, 2.45) is 0 Å². The first kappa shape index (κ1) is 28.1. The van der Waals surface area contributed by atoms with E-state index in [4.69, 9.17) is 9.47 Å². The van der Waals surface area contributed by atoms with Gasteiger partial charge in [-0.25, -0.2) is 4.79 Å². The summed E-state index contributed by atoms with van der Waals surface area (Å²) in [5, 5.41) is 0. The molecule has 5 aromatic carbocycles. The van der Waals surface area contributed by atoms with Crippen LogP contribution >= 0.6 is 0 Å². The van der Waals surface area contributed by atoms with Gasteiger partial charge in [-0.2, -0.15) is 0 Å². The Balaban J connectivity index is 1.45. The van der Waals surface area contributed by atoms with Gasteiger partial charge in [0, 0.05) is 29.1 Å². The Kier molecular flexibility index (Phi) is 8.59. The van der Waals surface area contributed by atoms with Crippen LogP contribution in [0.3, 0.4) is 0 Å². The van der Waals surface area contributed by atoms with Crippen LogP contribution in [0, 0.1) is 0 Å². The minimum Gasteiger partial charge on any atom is -0.427 e. The fourth-order valence-corrected chi connectivity index (χ4v) is 4.46. The van der Waals surface area contributed by atoms with Crippen molar-refractivity contribution in [1.29, 1.82) is 0 Å². The summed E-state index contributed by atoms with van der Waals surface area (Å²) in [5.74, 6) is 0.272. The summed E-state index contributed by atoms with van der Waals surface area (Å²) in [5.41, 5.74) is 7.55. The predicted molar refractivity (Wildman–Crippen MR) is 168 cm³/mol. The van der Waals surface area contributed by atoms with E-state index in [1.807, 2.05) is 54.6 Å². The molecule has 0 heterocycles.